The Balaban J connectivity index is 1.08. The van der Waals surface area contributed by atoms with Crippen molar-refractivity contribution in [3.05, 3.63) is 194 Å². The fourth-order valence-electron chi connectivity index (χ4n) is 8.83. The summed E-state index contributed by atoms with van der Waals surface area (Å²) in [4.78, 5) is 2.35. The molecule has 0 aliphatic rings. The smallest absolute Gasteiger partial charge is 0.143 e. The first-order chi connectivity index (χ1) is 27.8. The van der Waals surface area contributed by atoms with Crippen molar-refractivity contribution in [1.29, 1.82) is 0 Å². The fourth-order valence-corrected chi connectivity index (χ4v) is 8.83. The molecule has 0 atom stereocenters. The molecular weight excluding hydrogens is 685 g/mol. The molecule has 0 amide bonds. The minimum Gasteiger partial charge on any atom is -0.456 e. The van der Waals surface area contributed by atoms with Crippen molar-refractivity contribution in [3.63, 3.8) is 0 Å². The normalized spacial score (nSPS) is 11.9. The average molecular weight is 717 g/mol. The summed E-state index contributed by atoms with van der Waals surface area (Å²) in [5.41, 5.74) is 12.4. The van der Waals surface area contributed by atoms with E-state index in [-0.39, 0.29) is 0 Å². The lowest BCUT2D eigenvalue weighted by atomic mass is 10.0. The Hall–Kier alpha value is -7.56. The highest BCUT2D eigenvalue weighted by Crippen LogP contribution is 2.46. The molecule has 0 radical (unpaired) electrons. The van der Waals surface area contributed by atoms with Gasteiger partial charge in [0.25, 0.3) is 0 Å². The third-order valence-electron chi connectivity index (χ3n) is 11.4. The van der Waals surface area contributed by atoms with E-state index in [1.54, 1.807) is 0 Å². The fraction of sp³-hybridized carbons (Fsp3) is 0. The number of hydrogen-bond donors (Lipinski definition) is 0. The van der Waals surface area contributed by atoms with Crippen LogP contribution in [0.25, 0.3) is 93.3 Å². The molecule has 56 heavy (non-hydrogen) atoms. The van der Waals surface area contributed by atoms with E-state index in [9.17, 15) is 0 Å². The maximum Gasteiger partial charge on any atom is 0.143 e. The second-order valence-electron chi connectivity index (χ2n) is 14.5. The Kier molecular flexibility index (Phi) is 6.60. The van der Waals surface area contributed by atoms with Crippen LogP contribution in [0.5, 0.6) is 0 Å². The number of hydrogen-bond acceptors (Lipinski definition) is 3. The zero-order valence-electron chi connectivity index (χ0n) is 30.2. The molecule has 0 aliphatic carbocycles. The minimum absolute atomic E-state index is 0.847. The van der Waals surface area contributed by atoms with Crippen LogP contribution in [0.3, 0.4) is 0 Å². The summed E-state index contributed by atoms with van der Waals surface area (Å²) in [7, 11) is 0. The maximum atomic E-state index is 6.69. The molecule has 0 saturated heterocycles. The molecule has 262 valence electrons. The molecule has 4 nitrogen and oxygen atoms in total. The van der Waals surface area contributed by atoms with Crippen molar-refractivity contribution in [2.24, 2.45) is 0 Å². The van der Waals surface area contributed by atoms with Crippen LogP contribution in [0.2, 0.25) is 0 Å². The van der Waals surface area contributed by atoms with Crippen molar-refractivity contribution in [1.82, 2.24) is 4.57 Å². The monoisotopic (exact) mass is 716 g/mol. The van der Waals surface area contributed by atoms with Crippen molar-refractivity contribution >= 4 is 93.5 Å². The molecular formula is C52H32N2O2. The molecule has 0 unspecified atom stereocenters. The molecule has 12 aromatic rings. The van der Waals surface area contributed by atoms with E-state index in [2.05, 4.69) is 191 Å². The SMILES string of the molecule is c1ccc(-n2c3ccccc3c3cc(-c4cccc(N(c5ccc6c(c5)oc5ccccc56)c5cccc6oc7c8ccccc8ccc7c56)c4)ccc32)cc1. The Labute approximate surface area is 321 Å². The Bertz CT molecular complexity index is 3500. The Morgan fingerprint density at radius 2 is 1.07 bits per heavy atom. The highest BCUT2D eigenvalue weighted by atomic mass is 16.3. The summed E-state index contributed by atoms with van der Waals surface area (Å²) in [6.45, 7) is 0. The van der Waals surface area contributed by atoms with Crippen LogP contribution < -0.4 is 4.90 Å². The van der Waals surface area contributed by atoms with Crippen molar-refractivity contribution < 1.29 is 8.83 Å². The van der Waals surface area contributed by atoms with E-state index in [4.69, 9.17) is 8.83 Å². The average Bonchev–Trinajstić information content (AvgIpc) is 3.94. The summed E-state index contributed by atoms with van der Waals surface area (Å²) in [5, 5.41) is 9.08. The number of furan rings is 2. The van der Waals surface area contributed by atoms with Gasteiger partial charge in [0.2, 0.25) is 0 Å². The lowest BCUT2D eigenvalue weighted by Gasteiger charge is -2.26. The molecule has 0 saturated carbocycles. The lowest BCUT2D eigenvalue weighted by Crippen LogP contribution is -2.10. The molecule has 3 aromatic heterocycles. The van der Waals surface area contributed by atoms with Crippen LogP contribution in [0, 0.1) is 0 Å². The molecule has 0 fully saturated rings. The van der Waals surface area contributed by atoms with Gasteiger partial charge in [-0.1, -0.05) is 109 Å². The number of anilines is 3. The van der Waals surface area contributed by atoms with E-state index in [0.29, 0.717) is 0 Å². The third-order valence-corrected chi connectivity index (χ3v) is 11.4. The van der Waals surface area contributed by atoms with Gasteiger partial charge in [0, 0.05) is 55.4 Å². The number of benzene rings is 9. The first-order valence-electron chi connectivity index (χ1n) is 19.0. The van der Waals surface area contributed by atoms with Crippen LogP contribution in [-0.4, -0.2) is 4.57 Å². The third kappa shape index (κ3) is 4.60. The van der Waals surface area contributed by atoms with Crippen molar-refractivity contribution in [3.8, 4) is 16.8 Å². The lowest BCUT2D eigenvalue weighted by molar-refractivity contribution is 0.669. The molecule has 9 aromatic carbocycles. The zero-order valence-corrected chi connectivity index (χ0v) is 30.2. The standard InChI is InChI=1S/C52H32N2O2/c1-2-14-36(15-3-1)54-45-20-8-6-18-40(45)44-31-35(25-29-46(44)54)34-13-10-16-37(30-34)53(38-26-28-42-41-19-7-9-22-48(41)55-50(42)32-38)47-21-11-23-49-51(47)43-27-24-33-12-4-5-17-39(33)52(43)56-49/h1-32H. The summed E-state index contributed by atoms with van der Waals surface area (Å²) in [5.74, 6) is 0. The van der Waals surface area contributed by atoms with Gasteiger partial charge < -0.3 is 18.3 Å². The Morgan fingerprint density at radius 3 is 2.00 bits per heavy atom. The van der Waals surface area contributed by atoms with Gasteiger partial charge in [0.05, 0.1) is 22.1 Å². The highest BCUT2D eigenvalue weighted by Gasteiger charge is 2.22. The predicted molar refractivity (Wildman–Crippen MR) is 233 cm³/mol. The van der Waals surface area contributed by atoms with Gasteiger partial charge in [-0.05, 0) is 95.4 Å². The van der Waals surface area contributed by atoms with E-state index in [1.165, 1.54) is 21.8 Å². The molecule has 0 bridgehead atoms. The second-order valence-corrected chi connectivity index (χ2v) is 14.5. The first-order valence-corrected chi connectivity index (χ1v) is 19.0. The van der Waals surface area contributed by atoms with Gasteiger partial charge in [-0.25, -0.2) is 0 Å². The van der Waals surface area contributed by atoms with Crippen molar-refractivity contribution in [2.45, 2.75) is 0 Å². The van der Waals surface area contributed by atoms with Gasteiger partial charge in [-0.3, -0.25) is 0 Å². The van der Waals surface area contributed by atoms with Crippen LogP contribution in [0.15, 0.2) is 203 Å². The largest absolute Gasteiger partial charge is 0.456 e. The molecule has 12 rings (SSSR count). The molecule has 0 N–H and O–H groups in total. The topological polar surface area (TPSA) is 34.5 Å². The van der Waals surface area contributed by atoms with Gasteiger partial charge >= 0.3 is 0 Å². The first kappa shape index (κ1) is 30.9. The van der Waals surface area contributed by atoms with Gasteiger partial charge in [-0.2, -0.15) is 0 Å². The maximum absolute atomic E-state index is 6.69. The number of rotatable bonds is 5. The van der Waals surface area contributed by atoms with Crippen LogP contribution in [0.1, 0.15) is 0 Å². The zero-order chi connectivity index (χ0) is 36.7. The second kappa shape index (κ2) is 12.0. The van der Waals surface area contributed by atoms with Crippen LogP contribution in [-0.2, 0) is 0 Å². The minimum atomic E-state index is 0.847. The molecule has 3 heterocycles. The van der Waals surface area contributed by atoms with Gasteiger partial charge in [0.1, 0.15) is 22.3 Å². The number of para-hydroxylation sites is 3. The summed E-state index contributed by atoms with van der Waals surface area (Å²) >= 11 is 0. The molecule has 0 spiro atoms. The van der Waals surface area contributed by atoms with Gasteiger partial charge in [-0.15, -0.1) is 0 Å². The van der Waals surface area contributed by atoms with Crippen LogP contribution >= 0.6 is 0 Å². The van der Waals surface area contributed by atoms with E-state index in [0.717, 1.165) is 88.5 Å². The Morgan fingerprint density at radius 1 is 0.375 bits per heavy atom. The summed E-state index contributed by atoms with van der Waals surface area (Å²) < 4.78 is 15.5. The number of nitrogens with zero attached hydrogens (tertiary/aromatic N) is 2. The van der Waals surface area contributed by atoms with Crippen molar-refractivity contribution in [2.75, 3.05) is 4.90 Å². The van der Waals surface area contributed by atoms with E-state index >= 15 is 0 Å². The highest BCUT2D eigenvalue weighted by molar-refractivity contribution is 6.20. The number of aromatic nitrogens is 1. The summed E-state index contributed by atoms with van der Waals surface area (Å²) in [6.07, 6.45) is 0. The summed E-state index contributed by atoms with van der Waals surface area (Å²) in [6, 6.07) is 69.0. The van der Waals surface area contributed by atoms with E-state index in [1.807, 2.05) is 12.1 Å². The molecule has 4 heteroatoms. The quantitative estimate of drug-likeness (QED) is 0.178. The predicted octanol–water partition coefficient (Wildman–Crippen LogP) is 14.9. The van der Waals surface area contributed by atoms with Gasteiger partial charge in [0.15, 0.2) is 0 Å². The van der Waals surface area contributed by atoms with Crippen LogP contribution in [0.4, 0.5) is 17.1 Å². The van der Waals surface area contributed by atoms with E-state index < -0.39 is 0 Å². The molecule has 0 aliphatic heterocycles. The number of fused-ring (bicyclic) bond motifs is 11.